The van der Waals surface area contributed by atoms with Gasteiger partial charge in [0.2, 0.25) is 0 Å². The SMILES string of the molecule is CNc1cc(C(C)C)nc(-c2ccc(C)cc2C)n1. The number of aryl methyl sites for hydroxylation is 2. The average molecular weight is 255 g/mol. The van der Waals surface area contributed by atoms with E-state index in [9.17, 15) is 0 Å². The molecule has 1 aromatic heterocycles. The van der Waals surface area contributed by atoms with Crippen LogP contribution in [0.25, 0.3) is 11.4 Å². The van der Waals surface area contributed by atoms with Crippen LogP contribution < -0.4 is 5.32 Å². The number of hydrogen-bond acceptors (Lipinski definition) is 3. The van der Waals surface area contributed by atoms with E-state index in [0.717, 1.165) is 22.9 Å². The lowest BCUT2D eigenvalue weighted by Crippen LogP contribution is -2.03. The zero-order chi connectivity index (χ0) is 14.0. The Hall–Kier alpha value is -1.90. The average Bonchev–Trinajstić information content (AvgIpc) is 2.38. The molecule has 1 N–H and O–H groups in total. The predicted molar refractivity (Wildman–Crippen MR) is 80.6 cm³/mol. The molecule has 0 unspecified atom stereocenters. The Balaban J connectivity index is 2.57. The highest BCUT2D eigenvalue weighted by atomic mass is 15.0. The molecule has 0 aliphatic carbocycles. The molecule has 0 saturated carbocycles. The first kappa shape index (κ1) is 13.5. The summed E-state index contributed by atoms with van der Waals surface area (Å²) in [6, 6.07) is 8.38. The van der Waals surface area contributed by atoms with Crippen LogP contribution in [0, 0.1) is 13.8 Å². The molecule has 0 spiro atoms. The topological polar surface area (TPSA) is 37.8 Å². The van der Waals surface area contributed by atoms with Gasteiger partial charge in [0, 0.05) is 24.4 Å². The fraction of sp³-hybridized carbons (Fsp3) is 0.375. The molecule has 0 atom stereocenters. The third kappa shape index (κ3) is 2.92. The Morgan fingerprint density at radius 2 is 1.79 bits per heavy atom. The highest BCUT2D eigenvalue weighted by Gasteiger charge is 2.10. The molecule has 0 aliphatic heterocycles. The Morgan fingerprint density at radius 3 is 2.37 bits per heavy atom. The Bertz CT molecular complexity index is 589. The van der Waals surface area contributed by atoms with Crippen LogP contribution in [0.15, 0.2) is 24.3 Å². The van der Waals surface area contributed by atoms with E-state index in [1.54, 1.807) is 0 Å². The van der Waals surface area contributed by atoms with Gasteiger partial charge in [0.15, 0.2) is 5.82 Å². The van der Waals surface area contributed by atoms with Gasteiger partial charge in [-0.2, -0.15) is 0 Å². The second kappa shape index (κ2) is 5.39. The van der Waals surface area contributed by atoms with E-state index < -0.39 is 0 Å². The van der Waals surface area contributed by atoms with Gasteiger partial charge in [0.25, 0.3) is 0 Å². The van der Waals surface area contributed by atoms with Gasteiger partial charge in [-0.15, -0.1) is 0 Å². The lowest BCUT2D eigenvalue weighted by molar-refractivity contribution is 0.817. The molecule has 0 aliphatic rings. The third-order valence-corrected chi connectivity index (χ3v) is 3.22. The molecule has 100 valence electrons. The lowest BCUT2D eigenvalue weighted by atomic mass is 10.0. The zero-order valence-electron chi connectivity index (χ0n) is 12.3. The number of anilines is 1. The fourth-order valence-corrected chi connectivity index (χ4v) is 2.07. The second-order valence-corrected chi connectivity index (χ2v) is 5.22. The molecule has 1 aromatic carbocycles. The van der Waals surface area contributed by atoms with Gasteiger partial charge < -0.3 is 5.32 Å². The highest BCUT2D eigenvalue weighted by Crippen LogP contribution is 2.24. The van der Waals surface area contributed by atoms with Crippen molar-refractivity contribution in [2.75, 3.05) is 12.4 Å². The maximum atomic E-state index is 4.69. The van der Waals surface area contributed by atoms with Crippen LogP contribution in [0.1, 0.15) is 36.6 Å². The van der Waals surface area contributed by atoms with Gasteiger partial charge in [0.1, 0.15) is 5.82 Å². The number of aromatic nitrogens is 2. The van der Waals surface area contributed by atoms with Crippen LogP contribution in [-0.2, 0) is 0 Å². The number of nitrogens with zero attached hydrogens (tertiary/aromatic N) is 2. The van der Waals surface area contributed by atoms with Crippen LogP contribution in [0.2, 0.25) is 0 Å². The quantitative estimate of drug-likeness (QED) is 0.903. The van der Waals surface area contributed by atoms with E-state index >= 15 is 0 Å². The van der Waals surface area contributed by atoms with Crippen molar-refractivity contribution in [2.45, 2.75) is 33.6 Å². The van der Waals surface area contributed by atoms with Gasteiger partial charge in [0.05, 0.1) is 0 Å². The molecule has 0 bridgehead atoms. The molecule has 0 amide bonds. The standard InChI is InChI=1S/C16H21N3/c1-10(2)14-9-15(17-5)19-16(18-14)13-7-6-11(3)8-12(13)4/h6-10H,1-5H3,(H,17,18,19). The number of nitrogens with one attached hydrogen (secondary N) is 1. The first-order chi connectivity index (χ1) is 9.01. The highest BCUT2D eigenvalue weighted by molar-refractivity contribution is 5.62. The fourth-order valence-electron chi connectivity index (χ4n) is 2.07. The summed E-state index contributed by atoms with van der Waals surface area (Å²) in [5.41, 5.74) is 4.64. The predicted octanol–water partition coefficient (Wildman–Crippen LogP) is 3.93. The van der Waals surface area contributed by atoms with Gasteiger partial charge in [-0.25, -0.2) is 9.97 Å². The summed E-state index contributed by atoms with van der Waals surface area (Å²) in [7, 11) is 1.89. The first-order valence-corrected chi connectivity index (χ1v) is 6.65. The van der Waals surface area contributed by atoms with Gasteiger partial charge >= 0.3 is 0 Å². The smallest absolute Gasteiger partial charge is 0.162 e. The summed E-state index contributed by atoms with van der Waals surface area (Å²) in [4.78, 5) is 9.26. The monoisotopic (exact) mass is 255 g/mol. The summed E-state index contributed by atoms with van der Waals surface area (Å²) in [6.45, 7) is 8.50. The van der Waals surface area contributed by atoms with E-state index in [0.29, 0.717) is 5.92 Å². The van der Waals surface area contributed by atoms with Crippen LogP contribution in [0.4, 0.5) is 5.82 Å². The zero-order valence-corrected chi connectivity index (χ0v) is 12.3. The summed E-state index contributed by atoms with van der Waals surface area (Å²) in [6.07, 6.45) is 0. The maximum absolute atomic E-state index is 4.69. The summed E-state index contributed by atoms with van der Waals surface area (Å²) in [5, 5.41) is 3.11. The van der Waals surface area contributed by atoms with Crippen molar-refractivity contribution in [3.05, 3.63) is 41.1 Å². The minimum atomic E-state index is 0.389. The van der Waals surface area contributed by atoms with Crippen LogP contribution in [0.5, 0.6) is 0 Å². The minimum Gasteiger partial charge on any atom is -0.373 e. The summed E-state index contributed by atoms with van der Waals surface area (Å²) < 4.78 is 0. The first-order valence-electron chi connectivity index (χ1n) is 6.65. The molecule has 2 rings (SSSR count). The van der Waals surface area contributed by atoms with Crippen molar-refractivity contribution < 1.29 is 0 Å². The molecule has 1 heterocycles. The molecule has 2 aromatic rings. The van der Waals surface area contributed by atoms with Gasteiger partial charge in [-0.3, -0.25) is 0 Å². The molecule has 3 heteroatoms. The number of rotatable bonds is 3. The largest absolute Gasteiger partial charge is 0.373 e. The van der Waals surface area contributed by atoms with Gasteiger partial charge in [-0.05, 0) is 25.3 Å². The maximum Gasteiger partial charge on any atom is 0.162 e. The Kier molecular flexibility index (Phi) is 3.84. The molecule has 0 fully saturated rings. The van der Waals surface area contributed by atoms with E-state index in [2.05, 4.69) is 56.2 Å². The van der Waals surface area contributed by atoms with Crippen LogP contribution in [-0.4, -0.2) is 17.0 Å². The number of benzene rings is 1. The van der Waals surface area contributed by atoms with E-state index in [-0.39, 0.29) is 0 Å². The molecular weight excluding hydrogens is 234 g/mol. The van der Waals surface area contributed by atoms with Crippen molar-refractivity contribution in [3.8, 4) is 11.4 Å². The normalized spacial score (nSPS) is 10.8. The molecule has 0 saturated heterocycles. The third-order valence-electron chi connectivity index (χ3n) is 3.22. The van der Waals surface area contributed by atoms with Crippen molar-refractivity contribution in [1.82, 2.24) is 9.97 Å². The van der Waals surface area contributed by atoms with Crippen molar-refractivity contribution in [2.24, 2.45) is 0 Å². The number of hydrogen-bond donors (Lipinski definition) is 1. The van der Waals surface area contributed by atoms with Crippen LogP contribution >= 0.6 is 0 Å². The van der Waals surface area contributed by atoms with Crippen molar-refractivity contribution in [3.63, 3.8) is 0 Å². The molecule has 19 heavy (non-hydrogen) atoms. The van der Waals surface area contributed by atoms with E-state index in [4.69, 9.17) is 4.98 Å². The molecule has 3 nitrogen and oxygen atoms in total. The minimum absolute atomic E-state index is 0.389. The van der Waals surface area contributed by atoms with E-state index in [1.807, 2.05) is 13.1 Å². The van der Waals surface area contributed by atoms with Crippen molar-refractivity contribution >= 4 is 5.82 Å². The summed E-state index contributed by atoms with van der Waals surface area (Å²) in [5.74, 6) is 2.06. The van der Waals surface area contributed by atoms with Crippen molar-refractivity contribution in [1.29, 1.82) is 0 Å². The molecular formula is C16H21N3. The molecule has 0 radical (unpaired) electrons. The lowest BCUT2D eigenvalue weighted by Gasteiger charge is -2.12. The Labute approximate surface area is 115 Å². The van der Waals surface area contributed by atoms with Gasteiger partial charge in [-0.1, -0.05) is 37.6 Å². The van der Waals surface area contributed by atoms with Crippen LogP contribution in [0.3, 0.4) is 0 Å². The summed E-state index contributed by atoms with van der Waals surface area (Å²) >= 11 is 0. The Morgan fingerprint density at radius 1 is 1.05 bits per heavy atom. The second-order valence-electron chi connectivity index (χ2n) is 5.22. The van der Waals surface area contributed by atoms with E-state index in [1.165, 1.54) is 11.1 Å².